The van der Waals surface area contributed by atoms with Crippen molar-refractivity contribution >= 4 is 17.3 Å². The van der Waals surface area contributed by atoms with E-state index in [0.29, 0.717) is 11.3 Å². The van der Waals surface area contributed by atoms with E-state index in [9.17, 15) is 23.7 Å². The van der Waals surface area contributed by atoms with Gasteiger partial charge in [-0.25, -0.2) is 0 Å². The van der Waals surface area contributed by atoms with Gasteiger partial charge < -0.3 is 10.1 Å². The van der Waals surface area contributed by atoms with Crippen LogP contribution < -0.4 is 10.1 Å². The number of ether oxygens (including phenoxy) is 1. The Balaban J connectivity index is 2.16. The molecule has 6 nitrogen and oxygen atoms in total. The van der Waals surface area contributed by atoms with Crippen molar-refractivity contribution in [2.45, 2.75) is 13.5 Å². The number of amides is 1. The van der Waals surface area contributed by atoms with E-state index in [4.69, 9.17) is 0 Å². The molecule has 2 aromatic rings. The van der Waals surface area contributed by atoms with Gasteiger partial charge in [0.15, 0.2) is 0 Å². The number of nitrogens with zero attached hydrogens (tertiary/aromatic N) is 1. The highest BCUT2D eigenvalue weighted by Gasteiger charge is 2.15. The van der Waals surface area contributed by atoms with Crippen molar-refractivity contribution in [3.05, 3.63) is 63.7 Å². The van der Waals surface area contributed by atoms with Crippen LogP contribution >= 0.6 is 0 Å². The van der Waals surface area contributed by atoms with E-state index in [2.05, 4.69) is 10.1 Å². The van der Waals surface area contributed by atoms with Crippen LogP contribution in [-0.4, -0.2) is 17.4 Å². The molecular weight excluding hydrogens is 310 g/mol. The van der Waals surface area contributed by atoms with Gasteiger partial charge in [-0.2, -0.15) is 8.78 Å². The number of hydrogen-bond donors (Lipinski definition) is 1. The normalized spacial score (nSPS) is 10.4. The highest BCUT2D eigenvalue weighted by Crippen LogP contribution is 2.25. The second-order valence-corrected chi connectivity index (χ2v) is 4.56. The number of halogens is 2. The molecule has 120 valence electrons. The van der Waals surface area contributed by atoms with Gasteiger partial charge in [0.2, 0.25) is 0 Å². The Hall–Kier alpha value is -3.03. The summed E-state index contributed by atoms with van der Waals surface area (Å²) in [4.78, 5) is 22.4. The largest absolute Gasteiger partial charge is 0.435 e. The Morgan fingerprint density at radius 3 is 2.43 bits per heavy atom. The molecule has 0 bridgehead atoms. The van der Waals surface area contributed by atoms with Crippen molar-refractivity contribution in [1.82, 2.24) is 0 Å². The first-order valence-electron chi connectivity index (χ1n) is 6.48. The van der Waals surface area contributed by atoms with Crippen LogP contribution in [0, 0.1) is 17.0 Å². The number of carbonyl (C=O) groups excluding carboxylic acids is 1. The van der Waals surface area contributed by atoms with Gasteiger partial charge in [-0.15, -0.1) is 0 Å². The lowest BCUT2D eigenvalue weighted by Gasteiger charge is -2.09. The lowest BCUT2D eigenvalue weighted by molar-refractivity contribution is -0.385. The van der Waals surface area contributed by atoms with Gasteiger partial charge in [-0.1, -0.05) is 6.07 Å². The Morgan fingerprint density at radius 2 is 1.87 bits per heavy atom. The van der Waals surface area contributed by atoms with Gasteiger partial charge in [0.1, 0.15) is 5.75 Å². The zero-order valence-corrected chi connectivity index (χ0v) is 12.0. The highest BCUT2D eigenvalue weighted by molar-refractivity contribution is 6.04. The van der Waals surface area contributed by atoms with E-state index in [1.807, 2.05) is 0 Å². The Morgan fingerprint density at radius 1 is 1.22 bits per heavy atom. The number of hydrogen-bond acceptors (Lipinski definition) is 4. The zero-order valence-electron chi connectivity index (χ0n) is 12.0. The number of rotatable bonds is 5. The fourth-order valence-electron chi connectivity index (χ4n) is 1.94. The molecule has 0 unspecified atom stereocenters. The minimum absolute atomic E-state index is 0.0666. The van der Waals surface area contributed by atoms with Crippen molar-refractivity contribution in [2.75, 3.05) is 5.32 Å². The zero-order chi connectivity index (χ0) is 17.0. The molecule has 0 aliphatic rings. The van der Waals surface area contributed by atoms with Gasteiger partial charge >= 0.3 is 6.61 Å². The summed E-state index contributed by atoms with van der Waals surface area (Å²) in [5.74, 6) is -0.583. The predicted molar refractivity (Wildman–Crippen MR) is 78.9 cm³/mol. The number of benzene rings is 2. The average molecular weight is 322 g/mol. The fraction of sp³-hybridized carbons (Fsp3) is 0.133. The first-order chi connectivity index (χ1) is 10.9. The molecule has 0 atom stereocenters. The van der Waals surface area contributed by atoms with E-state index in [0.717, 1.165) is 0 Å². The standard InChI is InChI=1S/C15H12F2N2O4/c1-9-12(3-2-4-13(9)19(21)22)18-14(20)10-5-7-11(8-6-10)23-15(16)17/h2-8,15H,1H3,(H,18,20). The minimum Gasteiger partial charge on any atom is -0.435 e. The molecule has 0 heterocycles. The van der Waals surface area contributed by atoms with E-state index in [1.165, 1.54) is 49.4 Å². The fourth-order valence-corrected chi connectivity index (χ4v) is 1.94. The second-order valence-electron chi connectivity index (χ2n) is 4.56. The summed E-state index contributed by atoms with van der Waals surface area (Å²) in [6, 6.07) is 9.44. The van der Waals surface area contributed by atoms with Crippen LogP contribution in [0.25, 0.3) is 0 Å². The Kier molecular flexibility index (Phi) is 4.85. The SMILES string of the molecule is Cc1c(NC(=O)c2ccc(OC(F)F)cc2)cccc1[N+](=O)[O-]. The molecule has 0 radical (unpaired) electrons. The van der Waals surface area contributed by atoms with Gasteiger partial charge in [-0.05, 0) is 37.3 Å². The molecule has 2 aromatic carbocycles. The van der Waals surface area contributed by atoms with Crippen molar-refractivity contribution < 1.29 is 23.2 Å². The van der Waals surface area contributed by atoms with Crippen LogP contribution in [0.5, 0.6) is 5.75 Å². The number of alkyl halides is 2. The lowest BCUT2D eigenvalue weighted by Crippen LogP contribution is -2.13. The third-order valence-corrected chi connectivity index (χ3v) is 3.09. The van der Waals surface area contributed by atoms with E-state index >= 15 is 0 Å². The minimum atomic E-state index is -2.94. The highest BCUT2D eigenvalue weighted by atomic mass is 19.3. The molecule has 23 heavy (non-hydrogen) atoms. The molecule has 8 heteroatoms. The molecule has 0 aliphatic heterocycles. The maximum Gasteiger partial charge on any atom is 0.387 e. The monoisotopic (exact) mass is 322 g/mol. The predicted octanol–water partition coefficient (Wildman–Crippen LogP) is 3.76. The van der Waals surface area contributed by atoms with Crippen LogP contribution in [0.1, 0.15) is 15.9 Å². The Bertz CT molecular complexity index is 733. The number of anilines is 1. The number of nitrogens with one attached hydrogen (secondary N) is 1. The number of nitro groups is 1. The molecular formula is C15H12F2N2O4. The number of carbonyl (C=O) groups is 1. The molecule has 0 saturated carbocycles. The summed E-state index contributed by atoms with van der Waals surface area (Å²) in [7, 11) is 0. The third kappa shape index (κ3) is 4.00. The first kappa shape index (κ1) is 16.3. The molecule has 2 rings (SSSR count). The van der Waals surface area contributed by atoms with E-state index in [-0.39, 0.29) is 17.0 Å². The molecule has 1 N–H and O–H groups in total. The smallest absolute Gasteiger partial charge is 0.387 e. The van der Waals surface area contributed by atoms with Crippen molar-refractivity contribution in [1.29, 1.82) is 0 Å². The molecule has 0 aliphatic carbocycles. The molecule has 0 spiro atoms. The number of nitro benzene ring substituents is 1. The molecule has 1 amide bonds. The van der Waals surface area contributed by atoms with Gasteiger partial charge in [-0.3, -0.25) is 14.9 Å². The van der Waals surface area contributed by atoms with Gasteiger partial charge in [0.25, 0.3) is 11.6 Å². The average Bonchev–Trinajstić information content (AvgIpc) is 2.49. The van der Waals surface area contributed by atoms with Crippen molar-refractivity contribution in [3.63, 3.8) is 0 Å². The second kappa shape index (κ2) is 6.82. The summed E-state index contributed by atoms with van der Waals surface area (Å²) in [5, 5.41) is 13.4. The van der Waals surface area contributed by atoms with Crippen LogP contribution in [0.15, 0.2) is 42.5 Å². The molecule has 0 saturated heterocycles. The van der Waals surface area contributed by atoms with Crippen LogP contribution in [-0.2, 0) is 0 Å². The quantitative estimate of drug-likeness (QED) is 0.671. The van der Waals surface area contributed by atoms with Crippen LogP contribution in [0.2, 0.25) is 0 Å². The maximum absolute atomic E-state index is 12.1. The van der Waals surface area contributed by atoms with Crippen LogP contribution in [0.4, 0.5) is 20.2 Å². The molecule has 0 fully saturated rings. The summed E-state index contributed by atoms with van der Waals surface area (Å²) >= 11 is 0. The summed E-state index contributed by atoms with van der Waals surface area (Å²) in [5.41, 5.74) is 0.724. The maximum atomic E-state index is 12.1. The topological polar surface area (TPSA) is 81.5 Å². The molecule has 0 aromatic heterocycles. The summed E-state index contributed by atoms with van der Waals surface area (Å²) < 4.78 is 28.3. The van der Waals surface area contributed by atoms with E-state index in [1.54, 1.807) is 0 Å². The third-order valence-electron chi connectivity index (χ3n) is 3.09. The Labute approximate surface area is 129 Å². The first-order valence-corrected chi connectivity index (χ1v) is 6.48. The van der Waals surface area contributed by atoms with E-state index < -0.39 is 17.4 Å². The summed E-state index contributed by atoms with van der Waals surface area (Å²) in [6.07, 6.45) is 0. The van der Waals surface area contributed by atoms with Crippen molar-refractivity contribution in [3.8, 4) is 5.75 Å². The van der Waals surface area contributed by atoms with Crippen molar-refractivity contribution in [2.24, 2.45) is 0 Å². The van der Waals surface area contributed by atoms with Crippen LogP contribution in [0.3, 0.4) is 0 Å². The lowest BCUT2D eigenvalue weighted by atomic mass is 10.1. The van der Waals surface area contributed by atoms with Gasteiger partial charge in [0, 0.05) is 11.6 Å². The summed E-state index contributed by atoms with van der Waals surface area (Å²) in [6.45, 7) is -1.42. The van der Waals surface area contributed by atoms with Gasteiger partial charge in [0.05, 0.1) is 16.2 Å².